The summed E-state index contributed by atoms with van der Waals surface area (Å²) in [5.74, 6) is 0. The molecule has 0 fully saturated rings. The average Bonchev–Trinajstić information content (AvgIpc) is 2.27. The molecule has 0 aliphatic rings. The highest BCUT2D eigenvalue weighted by Gasteiger charge is 2.13. The Morgan fingerprint density at radius 1 is 0.778 bits per heavy atom. The van der Waals surface area contributed by atoms with Crippen LogP contribution in [-0.2, 0) is 5.41 Å². The van der Waals surface area contributed by atoms with E-state index >= 15 is 0 Å². The minimum atomic E-state index is 0.211. The zero-order valence-electron chi connectivity index (χ0n) is 11.9. The van der Waals surface area contributed by atoms with Gasteiger partial charge in [0.2, 0.25) is 0 Å². The molecule has 2 rings (SSSR count). The molecule has 1 aromatic carbocycles. The van der Waals surface area contributed by atoms with E-state index in [1.165, 1.54) is 16.7 Å². The number of pyridine rings is 1. The van der Waals surface area contributed by atoms with Gasteiger partial charge in [-0.15, -0.1) is 0 Å². The number of hydrogen-bond donors (Lipinski definition) is 0. The molecular formula is C17H21N. The second-order valence-electron chi connectivity index (χ2n) is 5.97. The Bertz CT molecular complexity index is 525. The van der Waals surface area contributed by atoms with Crippen LogP contribution in [0, 0.1) is 13.8 Å². The third-order valence-electron chi connectivity index (χ3n) is 3.17. The number of benzene rings is 1. The topological polar surface area (TPSA) is 12.9 Å². The predicted molar refractivity (Wildman–Crippen MR) is 77.8 cm³/mol. The molecule has 18 heavy (non-hydrogen) atoms. The largest absolute Gasteiger partial charge is 0.258 e. The van der Waals surface area contributed by atoms with Gasteiger partial charge in [0.15, 0.2) is 0 Å². The van der Waals surface area contributed by atoms with Gasteiger partial charge in [0.1, 0.15) is 0 Å². The van der Waals surface area contributed by atoms with Crippen molar-refractivity contribution >= 4 is 0 Å². The molecule has 0 unspecified atom stereocenters. The molecule has 0 spiro atoms. The average molecular weight is 239 g/mol. The smallest absolute Gasteiger partial charge is 0.0382 e. The number of nitrogens with zero attached hydrogens (tertiary/aromatic N) is 1. The molecule has 1 nitrogen and oxygen atoms in total. The fourth-order valence-corrected chi connectivity index (χ4v) is 2.16. The Balaban J connectivity index is 2.40. The van der Waals surface area contributed by atoms with Gasteiger partial charge in [-0.25, -0.2) is 0 Å². The van der Waals surface area contributed by atoms with Crippen LogP contribution in [0.15, 0.2) is 36.4 Å². The van der Waals surface area contributed by atoms with Gasteiger partial charge in [-0.1, -0.05) is 45.0 Å². The number of hydrogen-bond acceptors (Lipinski definition) is 1. The zero-order chi connectivity index (χ0) is 13.3. The molecule has 0 atom stereocenters. The van der Waals surface area contributed by atoms with Gasteiger partial charge in [-0.05, 0) is 48.1 Å². The summed E-state index contributed by atoms with van der Waals surface area (Å²) in [4.78, 5) is 4.42. The van der Waals surface area contributed by atoms with Crippen molar-refractivity contribution in [2.75, 3.05) is 0 Å². The van der Waals surface area contributed by atoms with Crippen molar-refractivity contribution in [1.29, 1.82) is 0 Å². The first-order chi connectivity index (χ1) is 8.36. The van der Waals surface area contributed by atoms with Crippen LogP contribution in [0.5, 0.6) is 0 Å². The summed E-state index contributed by atoms with van der Waals surface area (Å²) < 4.78 is 0. The van der Waals surface area contributed by atoms with Crippen molar-refractivity contribution in [1.82, 2.24) is 4.98 Å². The van der Waals surface area contributed by atoms with Crippen molar-refractivity contribution in [3.63, 3.8) is 0 Å². The number of rotatable bonds is 1. The van der Waals surface area contributed by atoms with Crippen LogP contribution in [-0.4, -0.2) is 4.98 Å². The first-order valence-corrected chi connectivity index (χ1v) is 6.42. The first-order valence-electron chi connectivity index (χ1n) is 6.42. The Kier molecular flexibility index (Phi) is 3.25. The molecule has 2 aromatic rings. The lowest BCUT2D eigenvalue weighted by Crippen LogP contribution is -2.10. The van der Waals surface area contributed by atoms with Crippen LogP contribution in [0.25, 0.3) is 11.1 Å². The van der Waals surface area contributed by atoms with Crippen LogP contribution >= 0.6 is 0 Å². The molecule has 0 radical (unpaired) electrons. The predicted octanol–water partition coefficient (Wildman–Crippen LogP) is 4.66. The van der Waals surface area contributed by atoms with E-state index in [0.717, 1.165) is 11.4 Å². The van der Waals surface area contributed by atoms with Crippen LogP contribution in [0.2, 0.25) is 0 Å². The Morgan fingerprint density at radius 3 is 1.72 bits per heavy atom. The summed E-state index contributed by atoms with van der Waals surface area (Å²) in [6.07, 6.45) is 0. The summed E-state index contributed by atoms with van der Waals surface area (Å²) in [5.41, 5.74) is 6.24. The maximum atomic E-state index is 4.42. The van der Waals surface area contributed by atoms with Crippen LogP contribution in [0.1, 0.15) is 37.7 Å². The van der Waals surface area contributed by atoms with E-state index in [4.69, 9.17) is 0 Å². The monoisotopic (exact) mass is 239 g/mol. The third kappa shape index (κ3) is 2.79. The van der Waals surface area contributed by atoms with Gasteiger partial charge >= 0.3 is 0 Å². The van der Waals surface area contributed by atoms with Crippen molar-refractivity contribution in [2.45, 2.75) is 40.0 Å². The molecule has 0 aliphatic carbocycles. The van der Waals surface area contributed by atoms with Gasteiger partial charge < -0.3 is 0 Å². The third-order valence-corrected chi connectivity index (χ3v) is 3.17. The highest BCUT2D eigenvalue weighted by molar-refractivity contribution is 5.64. The van der Waals surface area contributed by atoms with Crippen LogP contribution in [0.3, 0.4) is 0 Å². The summed E-state index contributed by atoms with van der Waals surface area (Å²) in [6, 6.07) is 13.1. The van der Waals surface area contributed by atoms with Crippen molar-refractivity contribution in [2.24, 2.45) is 0 Å². The fraction of sp³-hybridized carbons (Fsp3) is 0.353. The first kappa shape index (κ1) is 12.8. The second kappa shape index (κ2) is 4.56. The summed E-state index contributed by atoms with van der Waals surface area (Å²) in [5, 5.41) is 0. The van der Waals surface area contributed by atoms with Crippen LogP contribution < -0.4 is 0 Å². The maximum absolute atomic E-state index is 4.42. The molecule has 0 saturated heterocycles. The minimum Gasteiger partial charge on any atom is -0.258 e. The standard InChI is InChI=1S/C17H21N/c1-12-10-15(11-13(2)18-12)14-6-8-16(9-7-14)17(3,4)5/h6-11H,1-5H3. The van der Waals surface area contributed by atoms with E-state index in [9.17, 15) is 0 Å². The van der Waals surface area contributed by atoms with Gasteiger partial charge in [-0.3, -0.25) is 4.98 Å². The Labute approximate surface area is 110 Å². The van der Waals surface area contributed by atoms with Gasteiger partial charge in [0, 0.05) is 11.4 Å². The van der Waals surface area contributed by atoms with Gasteiger partial charge in [0.25, 0.3) is 0 Å². The Hall–Kier alpha value is -1.63. The molecule has 0 saturated carbocycles. The van der Waals surface area contributed by atoms with Crippen molar-refractivity contribution in [3.8, 4) is 11.1 Å². The normalized spacial score (nSPS) is 11.6. The van der Waals surface area contributed by atoms with Crippen molar-refractivity contribution < 1.29 is 0 Å². The zero-order valence-corrected chi connectivity index (χ0v) is 11.9. The second-order valence-corrected chi connectivity index (χ2v) is 5.97. The molecule has 0 N–H and O–H groups in total. The minimum absolute atomic E-state index is 0.211. The molecule has 94 valence electrons. The Morgan fingerprint density at radius 2 is 1.28 bits per heavy atom. The highest BCUT2D eigenvalue weighted by atomic mass is 14.7. The fourth-order valence-electron chi connectivity index (χ4n) is 2.16. The van der Waals surface area contributed by atoms with Crippen LogP contribution in [0.4, 0.5) is 0 Å². The number of aryl methyl sites for hydroxylation is 2. The lowest BCUT2D eigenvalue weighted by molar-refractivity contribution is 0.590. The molecular weight excluding hydrogens is 218 g/mol. The lowest BCUT2D eigenvalue weighted by Gasteiger charge is -2.19. The summed E-state index contributed by atoms with van der Waals surface area (Å²) in [6.45, 7) is 10.8. The van der Waals surface area contributed by atoms with E-state index in [0.29, 0.717) is 0 Å². The quantitative estimate of drug-likeness (QED) is 0.705. The molecule has 0 aliphatic heterocycles. The van der Waals surface area contributed by atoms with E-state index in [1.807, 2.05) is 13.8 Å². The lowest BCUT2D eigenvalue weighted by atomic mass is 9.86. The maximum Gasteiger partial charge on any atom is 0.0382 e. The molecule has 0 amide bonds. The summed E-state index contributed by atoms with van der Waals surface area (Å²) >= 11 is 0. The van der Waals surface area contributed by atoms with Crippen molar-refractivity contribution in [3.05, 3.63) is 53.3 Å². The number of aromatic nitrogens is 1. The van der Waals surface area contributed by atoms with E-state index in [2.05, 4.69) is 62.2 Å². The molecule has 1 heterocycles. The highest BCUT2D eigenvalue weighted by Crippen LogP contribution is 2.26. The molecule has 1 aromatic heterocycles. The summed E-state index contributed by atoms with van der Waals surface area (Å²) in [7, 11) is 0. The molecule has 0 bridgehead atoms. The van der Waals surface area contributed by atoms with E-state index < -0.39 is 0 Å². The SMILES string of the molecule is Cc1cc(-c2ccc(C(C)(C)C)cc2)cc(C)n1. The van der Waals surface area contributed by atoms with Gasteiger partial charge in [0.05, 0.1) is 0 Å². The van der Waals surface area contributed by atoms with E-state index in [1.54, 1.807) is 0 Å². The molecule has 1 heteroatoms. The van der Waals surface area contributed by atoms with Gasteiger partial charge in [-0.2, -0.15) is 0 Å². The van der Waals surface area contributed by atoms with E-state index in [-0.39, 0.29) is 5.41 Å².